The molecular weight excluding hydrogens is 508 g/mol. The molecule has 39 heavy (non-hydrogen) atoms. The zero-order valence-electron chi connectivity index (χ0n) is 22.6. The van der Waals surface area contributed by atoms with Gasteiger partial charge in [0.05, 0.1) is 5.69 Å². The molecule has 1 saturated heterocycles. The van der Waals surface area contributed by atoms with Crippen molar-refractivity contribution < 1.29 is 13.2 Å². The molecule has 1 aliphatic carbocycles. The van der Waals surface area contributed by atoms with Crippen LogP contribution in [0.1, 0.15) is 48.9 Å². The van der Waals surface area contributed by atoms with Crippen LogP contribution in [0.15, 0.2) is 77.7 Å². The van der Waals surface area contributed by atoms with Crippen LogP contribution in [-0.4, -0.2) is 51.9 Å². The molecule has 0 spiro atoms. The molecule has 0 aromatic heterocycles. The van der Waals surface area contributed by atoms with E-state index >= 15 is 0 Å². The molecule has 206 valence electrons. The van der Waals surface area contributed by atoms with Crippen molar-refractivity contribution in [3.8, 4) is 0 Å². The summed E-state index contributed by atoms with van der Waals surface area (Å²) in [6, 6.07) is 23.0. The van der Waals surface area contributed by atoms with Crippen molar-refractivity contribution in [1.82, 2.24) is 9.62 Å². The summed E-state index contributed by atoms with van der Waals surface area (Å²) < 4.78 is 31.0. The number of rotatable bonds is 9. The zero-order chi connectivity index (χ0) is 27.2. The number of carbonyl (C=O) groups is 1. The molecule has 1 fully saturated rings. The van der Waals surface area contributed by atoms with Gasteiger partial charge in [0.1, 0.15) is 4.90 Å². The Morgan fingerprint density at radius 1 is 0.949 bits per heavy atom. The van der Waals surface area contributed by atoms with Gasteiger partial charge in [-0.15, -0.1) is 0 Å². The van der Waals surface area contributed by atoms with Gasteiger partial charge in [0.25, 0.3) is 0 Å². The van der Waals surface area contributed by atoms with E-state index in [0.29, 0.717) is 24.2 Å². The molecule has 1 heterocycles. The first-order valence-electron chi connectivity index (χ1n) is 14.0. The number of sulfonamides is 1. The normalized spacial score (nSPS) is 18.0. The standard InChI is InChI=1S/C31H38N4O3S/c1-2-34-19-21-35(22-20-34)29-17-16-26(32-31(36)18-15-24-9-4-3-5-10-24)23-30(29)39(37,38)33-28-14-8-12-25-11-6-7-13-27(25)28/h3-7,9-11,13,16-17,23,28,33H,2,8,12,14-15,18-22H2,1H3,(H,32,36). The van der Waals surface area contributed by atoms with Crippen molar-refractivity contribution in [2.75, 3.05) is 42.9 Å². The van der Waals surface area contributed by atoms with E-state index in [0.717, 1.165) is 63.1 Å². The van der Waals surface area contributed by atoms with Crippen LogP contribution in [-0.2, 0) is 27.7 Å². The van der Waals surface area contributed by atoms with E-state index in [2.05, 4.69) is 32.8 Å². The van der Waals surface area contributed by atoms with Gasteiger partial charge in [0.15, 0.2) is 0 Å². The van der Waals surface area contributed by atoms with Gasteiger partial charge in [0, 0.05) is 44.3 Å². The summed E-state index contributed by atoms with van der Waals surface area (Å²) in [5.41, 5.74) is 4.52. The van der Waals surface area contributed by atoms with Gasteiger partial charge in [-0.25, -0.2) is 13.1 Å². The Balaban J connectivity index is 1.39. The molecule has 0 radical (unpaired) electrons. The first-order valence-corrected chi connectivity index (χ1v) is 15.5. The Kier molecular flexibility index (Phi) is 8.65. The fourth-order valence-corrected chi connectivity index (χ4v) is 7.13. The number of hydrogen-bond acceptors (Lipinski definition) is 5. The van der Waals surface area contributed by atoms with Gasteiger partial charge < -0.3 is 15.1 Å². The van der Waals surface area contributed by atoms with Crippen LogP contribution in [0.3, 0.4) is 0 Å². The summed E-state index contributed by atoms with van der Waals surface area (Å²) >= 11 is 0. The molecule has 3 aromatic rings. The van der Waals surface area contributed by atoms with Crippen molar-refractivity contribution in [2.45, 2.75) is 50.0 Å². The maximum absolute atomic E-state index is 14.0. The number of hydrogen-bond donors (Lipinski definition) is 2. The monoisotopic (exact) mass is 546 g/mol. The number of nitrogens with one attached hydrogen (secondary N) is 2. The van der Waals surface area contributed by atoms with Crippen LogP contribution in [0.5, 0.6) is 0 Å². The summed E-state index contributed by atoms with van der Waals surface area (Å²) in [4.78, 5) is 17.5. The summed E-state index contributed by atoms with van der Waals surface area (Å²) in [6.45, 7) is 6.41. The third-order valence-electron chi connectivity index (χ3n) is 7.84. The van der Waals surface area contributed by atoms with E-state index in [9.17, 15) is 13.2 Å². The molecule has 8 heteroatoms. The quantitative estimate of drug-likeness (QED) is 0.405. The number of anilines is 2. The average Bonchev–Trinajstić information content (AvgIpc) is 2.97. The minimum Gasteiger partial charge on any atom is -0.368 e. The Hall–Kier alpha value is -3.20. The zero-order valence-corrected chi connectivity index (χ0v) is 23.4. The summed E-state index contributed by atoms with van der Waals surface area (Å²) in [7, 11) is -3.87. The Morgan fingerprint density at radius 3 is 2.46 bits per heavy atom. The van der Waals surface area contributed by atoms with Gasteiger partial charge in [-0.2, -0.15) is 0 Å². The van der Waals surface area contributed by atoms with Crippen molar-refractivity contribution in [2.24, 2.45) is 0 Å². The topological polar surface area (TPSA) is 81.8 Å². The van der Waals surface area contributed by atoms with E-state index in [1.54, 1.807) is 6.07 Å². The molecule has 1 amide bonds. The number of carbonyl (C=O) groups excluding carboxylic acids is 1. The van der Waals surface area contributed by atoms with Crippen molar-refractivity contribution in [1.29, 1.82) is 0 Å². The summed E-state index contributed by atoms with van der Waals surface area (Å²) in [5, 5.41) is 2.93. The highest BCUT2D eigenvalue weighted by Crippen LogP contribution is 2.34. The van der Waals surface area contributed by atoms with Crippen LogP contribution in [0.2, 0.25) is 0 Å². The Bertz CT molecular complexity index is 1390. The third-order valence-corrected chi connectivity index (χ3v) is 9.34. The van der Waals surface area contributed by atoms with Crippen LogP contribution in [0.25, 0.3) is 0 Å². The lowest BCUT2D eigenvalue weighted by Gasteiger charge is -2.36. The molecule has 1 aliphatic heterocycles. The number of fused-ring (bicyclic) bond motifs is 1. The average molecular weight is 547 g/mol. The highest BCUT2D eigenvalue weighted by Gasteiger charge is 2.30. The highest BCUT2D eigenvalue weighted by molar-refractivity contribution is 7.89. The molecule has 0 bridgehead atoms. The van der Waals surface area contributed by atoms with Gasteiger partial charge >= 0.3 is 0 Å². The smallest absolute Gasteiger partial charge is 0.243 e. The van der Waals surface area contributed by atoms with E-state index in [1.807, 2.05) is 60.7 Å². The number of amides is 1. The molecule has 1 unspecified atom stereocenters. The highest BCUT2D eigenvalue weighted by atomic mass is 32.2. The predicted octanol–water partition coefficient (Wildman–Crippen LogP) is 4.76. The first kappa shape index (κ1) is 27.4. The number of benzene rings is 3. The van der Waals surface area contributed by atoms with Crippen LogP contribution in [0.4, 0.5) is 11.4 Å². The molecule has 2 aliphatic rings. The van der Waals surface area contributed by atoms with Gasteiger partial charge in [0.2, 0.25) is 15.9 Å². The second-order valence-electron chi connectivity index (χ2n) is 10.4. The van der Waals surface area contributed by atoms with Gasteiger partial charge in [-0.3, -0.25) is 4.79 Å². The largest absolute Gasteiger partial charge is 0.368 e. The minimum absolute atomic E-state index is 0.138. The number of aryl methyl sites for hydroxylation is 2. The second kappa shape index (κ2) is 12.3. The van der Waals surface area contributed by atoms with Crippen LogP contribution >= 0.6 is 0 Å². The maximum Gasteiger partial charge on any atom is 0.243 e. The first-order chi connectivity index (χ1) is 18.9. The van der Waals surface area contributed by atoms with Crippen molar-refractivity contribution in [3.63, 3.8) is 0 Å². The molecule has 7 nitrogen and oxygen atoms in total. The van der Waals surface area contributed by atoms with Gasteiger partial charge in [-0.1, -0.05) is 61.5 Å². The van der Waals surface area contributed by atoms with E-state index in [4.69, 9.17) is 0 Å². The molecular formula is C31H38N4O3S. The maximum atomic E-state index is 14.0. The third kappa shape index (κ3) is 6.69. The lowest BCUT2D eigenvalue weighted by Crippen LogP contribution is -2.46. The summed E-state index contributed by atoms with van der Waals surface area (Å²) in [5.74, 6) is -0.138. The Morgan fingerprint density at radius 2 is 1.69 bits per heavy atom. The molecule has 1 atom stereocenters. The van der Waals surface area contributed by atoms with E-state index in [-0.39, 0.29) is 16.8 Å². The lowest BCUT2D eigenvalue weighted by molar-refractivity contribution is -0.116. The SMILES string of the molecule is CCN1CCN(c2ccc(NC(=O)CCc3ccccc3)cc2S(=O)(=O)NC2CCCc3ccccc32)CC1. The fourth-order valence-electron chi connectivity index (χ4n) is 5.63. The minimum atomic E-state index is -3.87. The Labute approximate surface area is 232 Å². The summed E-state index contributed by atoms with van der Waals surface area (Å²) in [6.07, 6.45) is 3.61. The lowest BCUT2D eigenvalue weighted by atomic mass is 9.88. The van der Waals surface area contributed by atoms with E-state index in [1.165, 1.54) is 5.56 Å². The molecule has 0 saturated carbocycles. The fraction of sp³-hybridized carbons (Fsp3) is 0.387. The van der Waals surface area contributed by atoms with E-state index < -0.39 is 10.0 Å². The molecule has 2 N–H and O–H groups in total. The number of piperazine rings is 1. The van der Waals surface area contributed by atoms with Crippen molar-refractivity contribution in [3.05, 3.63) is 89.5 Å². The van der Waals surface area contributed by atoms with Crippen LogP contribution < -0.4 is 14.9 Å². The predicted molar refractivity (Wildman–Crippen MR) is 157 cm³/mol. The second-order valence-corrected chi connectivity index (χ2v) is 12.1. The molecule has 3 aromatic carbocycles. The molecule has 5 rings (SSSR count). The number of nitrogens with zero attached hydrogens (tertiary/aromatic N) is 2. The number of likely N-dealkylation sites (N-methyl/N-ethyl adjacent to an activating group) is 1. The van der Waals surface area contributed by atoms with Gasteiger partial charge in [-0.05, 0) is 67.1 Å². The van der Waals surface area contributed by atoms with Crippen LogP contribution in [0, 0.1) is 0 Å². The van der Waals surface area contributed by atoms with Crippen molar-refractivity contribution >= 4 is 27.3 Å².